The Hall–Kier alpha value is -5.16. The summed E-state index contributed by atoms with van der Waals surface area (Å²) in [5.74, 6) is 1.24. The maximum atomic E-state index is 12.1. The first-order valence-electron chi connectivity index (χ1n) is 12.3. The lowest BCUT2D eigenvalue weighted by molar-refractivity contribution is 0.0958. The largest absolute Gasteiger partial charge is 0.394 e. The van der Waals surface area contributed by atoms with Crippen molar-refractivity contribution in [2.24, 2.45) is 0 Å². The molecule has 4 N–H and O–H groups in total. The van der Waals surface area contributed by atoms with Crippen LogP contribution in [0.5, 0.6) is 0 Å². The molecule has 0 saturated carbocycles. The summed E-state index contributed by atoms with van der Waals surface area (Å²) in [6.07, 6.45) is 4.89. The molecule has 1 aliphatic heterocycles. The number of aliphatic hydroxyl groups excluding tert-OH is 1. The molecule has 0 spiro atoms. The number of anilines is 3. The molecule has 1 amide bonds. The van der Waals surface area contributed by atoms with Crippen LogP contribution in [0.25, 0.3) is 22.8 Å². The Bertz CT molecular complexity index is 1620. The Kier molecular flexibility index (Phi) is 6.39. The van der Waals surface area contributed by atoms with Crippen molar-refractivity contribution >= 4 is 23.4 Å². The van der Waals surface area contributed by atoms with Gasteiger partial charge in [-0.2, -0.15) is 9.97 Å². The van der Waals surface area contributed by atoms with E-state index in [1.165, 1.54) is 0 Å². The summed E-state index contributed by atoms with van der Waals surface area (Å²) in [4.78, 5) is 29.8. The zero-order valence-electron chi connectivity index (χ0n) is 20.9. The number of fused-ring (bicyclic) bond motifs is 1. The van der Waals surface area contributed by atoms with Crippen molar-refractivity contribution < 1.29 is 14.4 Å². The molecule has 0 bridgehead atoms. The Morgan fingerprint density at radius 2 is 1.87 bits per heavy atom. The molecule has 1 unspecified atom stereocenters. The predicted molar refractivity (Wildman–Crippen MR) is 144 cm³/mol. The van der Waals surface area contributed by atoms with Crippen LogP contribution < -0.4 is 16.0 Å². The van der Waals surface area contributed by atoms with Gasteiger partial charge < -0.3 is 25.6 Å². The number of aliphatic hydroxyl groups is 1. The van der Waals surface area contributed by atoms with Crippen molar-refractivity contribution in [3.8, 4) is 22.8 Å². The maximum Gasteiger partial charge on any atom is 0.263 e. The van der Waals surface area contributed by atoms with Gasteiger partial charge in [-0.05, 0) is 48.4 Å². The summed E-state index contributed by atoms with van der Waals surface area (Å²) >= 11 is 0. The van der Waals surface area contributed by atoms with Crippen LogP contribution in [-0.4, -0.2) is 42.7 Å². The van der Waals surface area contributed by atoms with E-state index >= 15 is 0 Å². The van der Waals surface area contributed by atoms with E-state index in [0.29, 0.717) is 28.7 Å². The molecule has 4 heterocycles. The Labute approximate surface area is 223 Å². The Morgan fingerprint density at radius 3 is 2.67 bits per heavy atom. The van der Waals surface area contributed by atoms with Crippen LogP contribution in [0.3, 0.4) is 0 Å². The van der Waals surface area contributed by atoms with E-state index in [9.17, 15) is 9.90 Å². The fourth-order valence-electron chi connectivity index (χ4n) is 4.43. The van der Waals surface area contributed by atoms with E-state index in [1.807, 2.05) is 43.3 Å². The van der Waals surface area contributed by atoms with Gasteiger partial charge in [0.05, 0.1) is 18.7 Å². The highest BCUT2D eigenvalue weighted by Crippen LogP contribution is 2.32. The van der Waals surface area contributed by atoms with Crippen LogP contribution >= 0.6 is 0 Å². The Balaban J connectivity index is 1.36. The highest BCUT2D eigenvalue weighted by Gasteiger charge is 2.25. The van der Waals surface area contributed by atoms with E-state index in [0.717, 1.165) is 22.4 Å². The molecule has 0 saturated heterocycles. The number of hydrogen-bond donors (Lipinski definition) is 4. The highest BCUT2D eigenvalue weighted by molar-refractivity contribution is 5.99. The monoisotopic (exact) mass is 520 g/mol. The second kappa shape index (κ2) is 10.3. The standard InChI is InChI=1S/C28H24N8O3/c1-16-21-13-19(7-8-20(21)26(38)31-16)32-28-30-14-22(27-34-24(36-39-27)18-9-11-29-12-10-18)25(35-28)33-23(15-37)17-5-3-2-4-6-17/h2-14,16,23,37H,15H2,1H3,(H,31,38)(H2,30,32,33,35)/t16?,23-/m1/s1. The van der Waals surface area contributed by atoms with Crippen molar-refractivity contribution in [2.75, 3.05) is 17.2 Å². The molecule has 3 aromatic heterocycles. The number of rotatable bonds is 8. The van der Waals surface area contributed by atoms with Gasteiger partial charge in [0.25, 0.3) is 11.8 Å². The quantitative estimate of drug-likeness (QED) is 0.233. The zero-order chi connectivity index (χ0) is 26.8. The molecule has 2 atom stereocenters. The average Bonchev–Trinajstić information content (AvgIpc) is 3.57. The second-order valence-electron chi connectivity index (χ2n) is 9.03. The van der Waals surface area contributed by atoms with Crippen molar-refractivity contribution in [2.45, 2.75) is 19.0 Å². The smallest absolute Gasteiger partial charge is 0.263 e. The van der Waals surface area contributed by atoms with Crippen LogP contribution in [0.2, 0.25) is 0 Å². The minimum atomic E-state index is -0.451. The van der Waals surface area contributed by atoms with Crippen molar-refractivity contribution in [3.63, 3.8) is 0 Å². The minimum Gasteiger partial charge on any atom is -0.394 e. The third-order valence-corrected chi connectivity index (χ3v) is 6.45. The van der Waals surface area contributed by atoms with E-state index in [1.54, 1.807) is 42.9 Å². The minimum absolute atomic E-state index is 0.0851. The SMILES string of the molecule is CC1NC(=O)c2ccc(Nc3ncc(-c4nc(-c5ccncc5)no4)c(N[C@H](CO)c4ccccc4)n3)cc21. The fraction of sp³-hybridized carbons (Fsp3) is 0.143. The number of amides is 1. The molecule has 1 aliphatic rings. The first kappa shape index (κ1) is 24.2. The lowest BCUT2D eigenvalue weighted by Gasteiger charge is -2.19. The molecule has 39 heavy (non-hydrogen) atoms. The normalized spacial score (nSPS) is 14.9. The number of carbonyl (C=O) groups excluding carboxylic acids is 1. The summed E-state index contributed by atoms with van der Waals surface area (Å²) in [5.41, 5.74) is 4.40. The second-order valence-corrected chi connectivity index (χ2v) is 9.03. The number of nitrogens with one attached hydrogen (secondary N) is 3. The van der Waals surface area contributed by atoms with E-state index in [4.69, 9.17) is 9.51 Å². The molecule has 194 valence electrons. The highest BCUT2D eigenvalue weighted by atomic mass is 16.5. The molecule has 2 aromatic carbocycles. The predicted octanol–water partition coefficient (Wildman–Crippen LogP) is 4.28. The number of carbonyl (C=O) groups is 1. The molecule has 6 rings (SSSR count). The van der Waals surface area contributed by atoms with Crippen LogP contribution in [0.1, 0.15) is 40.5 Å². The van der Waals surface area contributed by atoms with E-state index < -0.39 is 6.04 Å². The summed E-state index contributed by atoms with van der Waals surface area (Å²) in [6.45, 7) is 1.76. The fourth-order valence-corrected chi connectivity index (χ4v) is 4.43. The van der Waals surface area contributed by atoms with Gasteiger partial charge in [0.15, 0.2) is 0 Å². The topological polar surface area (TPSA) is 151 Å². The molecular formula is C28H24N8O3. The van der Waals surface area contributed by atoms with Gasteiger partial charge in [0, 0.05) is 35.4 Å². The van der Waals surface area contributed by atoms with Crippen LogP contribution in [0.15, 0.2) is 83.8 Å². The third kappa shape index (κ3) is 4.90. The molecule has 11 heteroatoms. The number of pyridine rings is 1. The summed E-state index contributed by atoms with van der Waals surface area (Å²) < 4.78 is 5.57. The first-order chi connectivity index (χ1) is 19.1. The molecule has 0 radical (unpaired) electrons. The summed E-state index contributed by atoms with van der Waals surface area (Å²) in [6, 6.07) is 18.1. The lowest BCUT2D eigenvalue weighted by Crippen LogP contribution is -2.17. The third-order valence-electron chi connectivity index (χ3n) is 6.45. The van der Waals surface area contributed by atoms with Gasteiger partial charge in [-0.15, -0.1) is 0 Å². The van der Waals surface area contributed by atoms with Crippen molar-refractivity contribution in [1.82, 2.24) is 30.4 Å². The summed E-state index contributed by atoms with van der Waals surface area (Å²) in [5, 5.41) is 23.7. The molecule has 0 fully saturated rings. The van der Waals surface area contributed by atoms with Crippen LogP contribution in [-0.2, 0) is 0 Å². The maximum absolute atomic E-state index is 12.1. The number of aromatic nitrogens is 5. The molecule has 0 aliphatic carbocycles. The Morgan fingerprint density at radius 1 is 1.05 bits per heavy atom. The number of benzene rings is 2. The van der Waals surface area contributed by atoms with E-state index in [-0.39, 0.29) is 24.4 Å². The van der Waals surface area contributed by atoms with Gasteiger partial charge in [-0.3, -0.25) is 9.78 Å². The number of hydrogen-bond acceptors (Lipinski definition) is 10. The van der Waals surface area contributed by atoms with Gasteiger partial charge in [-0.25, -0.2) is 4.98 Å². The average molecular weight is 521 g/mol. The molecule has 11 nitrogen and oxygen atoms in total. The number of nitrogens with zero attached hydrogens (tertiary/aromatic N) is 5. The lowest BCUT2D eigenvalue weighted by atomic mass is 10.1. The van der Waals surface area contributed by atoms with Gasteiger partial charge in [0.1, 0.15) is 11.4 Å². The van der Waals surface area contributed by atoms with Crippen LogP contribution in [0.4, 0.5) is 17.5 Å². The van der Waals surface area contributed by atoms with Gasteiger partial charge in [-0.1, -0.05) is 35.5 Å². The van der Waals surface area contributed by atoms with Crippen molar-refractivity contribution in [3.05, 3.63) is 95.9 Å². The van der Waals surface area contributed by atoms with Gasteiger partial charge >= 0.3 is 0 Å². The van der Waals surface area contributed by atoms with Gasteiger partial charge in [0.2, 0.25) is 11.8 Å². The molecular weight excluding hydrogens is 496 g/mol. The molecule has 5 aromatic rings. The van der Waals surface area contributed by atoms with E-state index in [2.05, 4.69) is 36.1 Å². The van der Waals surface area contributed by atoms with Crippen LogP contribution in [0, 0.1) is 0 Å². The zero-order valence-corrected chi connectivity index (χ0v) is 20.9. The van der Waals surface area contributed by atoms with Crippen molar-refractivity contribution in [1.29, 1.82) is 0 Å². The summed E-state index contributed by atoms with van der Waals surface area (Å²) in [7, 11) is 0. The first-order valence-corrected chi connectivity index (χ1v) is 12.3.